The van der Waals surface area contributed by atoms with Crippen LogP contribution in [0.1, 0.15) is 25.0 Å². The van der Waals surface area contributed by atoms with Crippen LogP contribution < -0.4 is 14.9 Å². The summed E-state index contributed by atoms with van der Waals surface area (Å²) in [5.41, 5.74) is 3.80. The molecule has 0 aromatic heterocycles. The second-order valence-electron chi connectivity index (χ2n) is 6.82. The molecule has 29 heavy (non-hydrogen) atoms. The van der Waals surface area contributed by atoms with Gasteiger partial charge in [-0.25, -0.2) is 13.8 Å². The standard InChI is InChI=1S/C20H25N3O5S/c1-13(2)19(23-29(26,27)16-8-5-14(3)6-9-16)20(25)22-21-12-15-7-10-18(28-4)17(24)11-15/h5-13,19,23-24H,1-4H3,(H,22,25)/b21-12-/t19-/m1/s1. The van der Waals surface area contributed by atoms with Crippen molar-refractivity contribution in [3.8, 4) is 11.5 Å². The summed E-state index contributed by atoms with van der Waals surface area (Å²) >= 11 is 0. The van der Waals surface area contributed by atoms with Gasteiger partial charge in [-0.05, 0) is 48.7 Å². The number of sulfonamides is 1. The Bertz CT molecular complexity index is 986. The lowest BCUT2D eigenvalue weighted by Gasteiger charge is -2.20. The molecule has 0 saturated carbocycles. The zero-order valence-corrected chi connectivity index (χ0v) is 17.5. The van der Waals surface area contributed by atoms with E-state index in [4.69, 9.17) is 4.74 Å². The number of nitrogens with zero attached hydrogens (tertiary/aromatic N) is 1. The van der Waals surface area contributed by atoms with Gasteiger partial charge in [0.05, 0.1) is 18.2 Å². The molecule has 3 N–H and O–H groups in total. The van der Waals surface area contributed by atoms with E-state index >= 15 is 0 Å². The van der Waals surface area contributed by atoms with Crippen molar-refractivity contribution in [2.24, 2.45) is 11.0 Å². The highest BCUT2D eigenvalue weighted by molar-refractivity contribution is 7.89. The zero-order chi connectivity index (χ0) is 21.6. The summed E-state index contributed by atoms with van der Waals surface area (Å²) in [6, 6.07) is 9.97. The molecule has 0 spiro atoms. The second-order valence-corrected chi connectivity index (χ2v) is 8.54. The van der Waals surface area contributed by atoms with Crippen LogP contribution in [0.15, 0.2) is 52.5 Å². The third-order valence-electron chi connectivity index (χ3n) is 4.15. The Labute approximate surface area is 170 Å². The molecule has 0 unspecified atom stereocenters. The van der Waals surface area contributed by atoms with Crippen LogP contribution in [-0.4, -0.2) is 38.8 Å². The molecule has 2 aromatic carbocycles. The van der Waals surface area contributed by atoms with Gasteiger partial charge >= 0.3 is 0 Å². The van der Waals surface area contributed by atoms with Crippen molar-refractivity contribution in [2.45, 2.75) is 31.7 Å². The fourth-order valence-corrected chi connectivity index (χ4v) is 3.82. The summed E-state index contributed by atoms with van der Waals surface area (Å²) in [6.45, 7) is 5.31. The van der Waals surface area contributed by atoms with Crippen LogP contribution in [0, 0.1) is 12.8 Å². The van der Waals surface area contributed by atoms with Gasteiger partial charge < -0.3 is 9.84 Å². The van der Waals surface area contributed by atoms with E-state index in [1.165, 1.54) is 31.5 Å². The van der Waals surface area contributed by atoms with Gasteiger partial charge in [-0.15, -0.1) is 0 Å². The second kappa shape index (κ2) is 9.53. The maximum atomic E-state index is 12.6. The number of nitrogens with one attached hydrogen (secondary N) is 2. The average molecular weight is 420 g/mol. The zero-order valence-electron chi connectivity index (χ0n) is 16.7. The lowest BCUT2D eigenvalue weighted by atomic mass is 10.1. The fraction of sp³-hybridized carbons (Fsp3) is 0.300. The van der Waals surface area contributed by atoms with Crippen LogP contribution in [-0.2, 0) is 14.8 Å². The summed E-state index contributed by atoms with van der Waals surface area (Å²) in [5.74, 6) is -0.648. The highest BCUT2D eigenvalue weighted by atomic mass is 32.2. The number of ether oxygens (including phenoxy) is 1. The lowest BCUT2D eigenvalue weighted by molar-refractivity contribution is -0.123. The first-order chi connectivity index (χ1) is 13.6. The smallest absolute Gasteiger partial charge is 0.258 e. The monoisotopic (exact) mass is 419 g/mol. The van der Waals surface area contributed by atoms with Crippen molar-refractivity contribution in [3.05, 3.63) is 53.6 Å². The molecule has 0 aliphatic rings. The highest BCUT2D eigenvalue weighted by Crippen LogP contribution is 2.25. The molecule has 0 heterocycles. The van der Waals surface area contributed by atoms with Crippen molar-refractivity contribution in [1.82, 2.24) is 10.1 Å². The van der Waals surface area contributed by atoms with Crippen LogP contribution in [0.2, 0.25) is 0 Å². The van der Waals surface area contributed by atoms with Crippen LogP contribution >= 0.6 is 0 Å². The van der Waals surface area contributed by atoms with Gasteiger partial charge in [-0.3, -0.25) is 4.79 Å². The van der Waals surface area contributed by atoms with Crippen molar-refractivity contribution >= 4 is 22.1 Å². The topological polar surface area (TPSA) is 117 Å². The number of hydrazone groups is 1. The van der Waals surface area contributed by atoms with Crippen molar-refractivity contribution < 1.29 is 23.1 Å². The number of phenols is 1. The number of benzene rings is 2. The maximum absolute atomic E-state index is 12.6. The molecular weight excluding hydrogens is 394 g/mol. The molecule has 156 valence electrons. The third kappa shape index (κ3) is 6.03. The van der Waals surface area contributed by atoms with Crippen molar-refractivity contribution in [1.29, 1.82) is 0 Å². The number of hydrogen-bond donors (Lipinski definition) is 3. The Morgan fingerprint density at radius 1 is 1.17 bits per heavy atom. The van der Waals surface area contributed by atoms with Gasteiger partial charge in [0.1, 0.15) is 6.04 Å². The Balaban J connectivity index is 2.09. The first kappa shape index (κ1) is 22.4. The predicted molar refractivity (Wildman–Crippen MR) is 111 cm³/mol. The summed E-state index contributed by atoms with van der Waals surface area (Å²) in [5, 5.41) is 13.6. The van der Waals surface area contributed by atoms with Crippen molar-refractivity contribution in [2.75, 3.05) is 7.11 Å². The van der Waals surface area contributed by atoms with Gasteiger partial charge in [0.25, 0.3) is 5.91 Å². The summed E-state index contributed by atoms with van der Waals surface area (Å²) < 4.78 is 32.6. The van der Waals surface area contributed by atoms with E-state index in [2.05, 4.69) is 15.2 Å². The van der Waals surface area contributed by atoms with Gasteiger partial charge in [0.15, 0.2) is 11.5 Å². The van der Waals surface area contributed by atoms with E-state index in [1.54, 1.807) is 38.1 Å². The first-order valence-electron chi connectivity index (χ1n) is 8.93. The molecule has 0 bridgehead atoms. The van der Waals surface area contributed by atoms with Crippen LogP contribution in [0.3, 0.4) is 0 Å². The molecule has 2 rings (SSSR count). The van der Waals surface area contributed by atoms with Gasteiger partial charge in [-0.2, -0.15) is 9.82 Å². The van der Waals surface area contributed by atoms with Gasteiger partial charge in [0.2, 0.25) is 10.0 Å². The SMILES string of the molecule is COc1ccc(/C=N\NC(=O)[C@H](NS(=O)(=O)c2ccc(C)cc2)C(C)C)cc1O. The molecule has 0 radical (unpaired) electrons. The normalized spacial score (nSPS) is 12.9. The molecular formula is C20H25N3O5S. The molecule has 0 saturated heterocycles. The Kier molecular flexibility index (Phi) is 7.35. The summed E-state index contributed by atoms with van der Waals surface area (Å²) in [7, 11) is -2.43. The number of carbonyl (C=O) groups excluding carboxylic acids is 1. The van der Waals surface area contributed by atoms with Crippen molar-refractivity contribution in [3.63, 3.8) is 0 Å². The van der Waals surface area contributed by atoms with E-state index in [0.29, 0.717) is 11.3 Å². The largest absolute Gasteiger partial charge is 0.504 e. The molecule has 0 aliphatic heterocycles. The number of amides is 1. The summed E-state index contributed by atoms with van der Waals surface area (Å²) in [6.07, 6.45) is 1.34. The number of methoxy groups -OCH3 is 1. The predicted octanol–water partition coefficient (Wildman–Crippen LogP) is 2.16. The molecule has 2 aromatic rings. The number of aromatic hydroxyl groups is 1. The Morgan fingerprint density at radius 2 is 1.83 bits per heavy atom. The van der Waals surface area contributed by atoms with Gasteiger partial charge in [-0.1, -0.05) is 31.5 Å². The van der Waals surface area contributed by atoms with Crippen LogP contribution in [0.4, 0.5) is 0 Å². The Hall–Kier alpha value is -2.91. The Morgan fingerprint density at radius 3 is 2.38 bits per heavy atom. The molecule has 0 aliphatic carbocycles. The molecule has 8 nitrogen and oxygen atoms in total. The fourth-order valence-electron chi connectivity index (χ4n) is 2.47. The molecule has 1 atom stereocenters. The minimum atomic E-state index is -3.87. The number of aryl methyl sites for hydroxylation is 1. The highest BCUT2D eigenvalue weighted by Gasteiger charge is 2.28. The number of rotatable bonds is 8. The molecule has 0 fully saturated rings. The first-order valence-corrected chi connectivity index (χ1v) is 10.4. The molecule has 1 amide bonds. The van der Waals surface area contributed by atoms with E-state index in [-0.39, 0.29) is 16.6 Å². The molecule has 9 heteroatoms. The van der Waals surface area contributed by atoms with Crippen LogP contribution in [0.25, 0.3) is 0 Å². The van der Waals surface area contributed by atoms with E-state index in [9.17, 15) is 18.3 Å². The number of carbonyl (C=O) groups is 1. The van der Waals surface area contributed by atoms with E-state index in [1.807, 2.05) is 6.92 Å². The van der Waals surface area contributed by atoms with Gasteiger partial charge in [0, 0.05) is 0 Å². The lowest BCUT2D eigenvalue weighted by Crippen LogP contribution is -2.48. The minimum Gasteiger partial charge on any atom is -0.504 e. The third-order valence-corrected chi connectivity index (χ3v) is 5.61. The average Bonchev–Trinajstić information content (AvgIpc) is 2.66. The van der Waals surface area contributed by atoms with E-state index in [0.717, 1.165) is 5.56 Å². The number of phenolic OH excluding ortho intramolecular Hbond substituents is 1. The quantitative estimate of drug-likeness (QED) is 0.448. The minimum absolute atomic E-state index is 0.0614. The maximum Gasteiger partial charge on any atom is 0.258 e. The summed E-state index contributed by atoms with van der Waals surface area (Å²) in [4.78, 5) is 12.6. The van der Waals surface area contributed by atoms with Crippen LogP contribution in [0.5, 0.6) is 11.5 Å². The number of hydrogen-bond acceptors (Lipinski definition) is 6. The van der Waals surface area contributed by atoms with E-state index < -0.39 is 22.0 Å².